The van der Waals surface area contributed by atoms with Crippen LogP contribution >= 0.6 is 0 Å². The molecule has 0 spiro atoms. The second-order valence-electron chi connectivity index (χ2n) is 6.63. The van der Waals surface area contributed by atoms with E-state index in [-0.39, 0.29) is 17.2 Å². The van der Waals surface area contributed by atoms with E-state index in [1.807, 2.05) is 0 Å². The van der Waals surface area contributed by atoms with Crippen molar-refractivity contribution >= 4 is 23.8 Å². The fraction of sp³-hybridized carbons (Fsp3) is 0.444. The molecule has 0 saturated heterocycles. The van der Waals surface area contributed by atoms with Gasteiger partial charge in [0.15, 0.2) is 0 Å². The molecule has 0 bridgehead atoms. The molecule has 1 aliphatic heterocycles. The Hall–Kier alpha value is -2.70. The van der Waals surface area contributed by atoms with Crippen molar-refractivity contribution in [2.75, 3.05) is 6.54 Å². The zero-order valence-electron chi connectivity index (χ0n) is 14.1. The van der Waals surface area contributed by atoms with Crippen LogP contribution in [-0.2, 0) is 4.79 Å². The highest BCUT2D eigenvalue weighted by molar-refractivity contribution is 6.22. The van der Waals surface area contributed by atoms with Crippen molar-refractivity contribution in [3.05, 3.63) is 35.4 Å². The van der Waals surface area contributed by atoms with Crippen LogP contribution in [0.15, 0.2) is 24.3 Å². The molecular weight excluding hydrogens is 322 g/mol. The Balaban J connectivity index is 1.55. The molecule has 1 fully saturated rings. The van der Waals surface area contributed by atoms with Crippen molar-refractivity contribution in [3.8, 4) is 0 Å². The summed E-state index contributed by atoms with van der Waals surface area (Å²) in [4.78, 5) is 49.3. The molecule has 1 heterocycles. The highest BCUT2D eigenvalue weighted by Crippen LogP contribution is 2.24. The van der Waals surface area contributed by atoms with E-state index in [4.69, 9.17) is 0 Å². The van der Waals surface area contributed by atoms with E-state index < -0.39 is 30.3 Å². The summed E-state index contributed by atoms with van der Waals surface area (Å²) in [7, 11) is 0. The average molecular weight is 343 g/mol. The molecular formula is C18H21N3O4. The van der Waals surface area contributed by atoms with Crippen LogP contribution in [-0.4, -0.2) is 41.2 Å². The molecule has 5 amide bonds. The number of nitrogens with zero attached hydrogens (tertiary/aromatic N) is 1. The average Bonchev–Trinajstić information content (AvgIpc) is 2.82. The van der Waals surface area contributed by atoms with Gasteiger partial charge in [-0.15, -0.1) is 0 Å². The maximum absolute atomic E-state index is 12.2. The largest absolute Gasteiger partial charge is 0.335 e. The van der Waals surface area contributed by atoms with Crippen molar-refractivity contribution in [2.45, 2.75) is 38.6 Å². The smallest absolute Gasteiger partial charge is 0.321 e. The predicted octanol–water partition coefficient (Wildman–Crippen LogP) is 1.69. The van der Waals surface area contributed by atoms with E-state index >= 15 is 0 Å². The number of imide groups is 2. The quantitative estimate of drug-likeness (QED) is 0.816. The van der Waals surface area contributed by atoms with Crippen LogP contribution in [0.5, 0.6) is 0 Å². The molecule has 7 heteroatoms. The minimum atomic E-state index is -0.685. The number of carbonyl (C=O) groups excluding carboxylic acids is 4. The number of hydrogen-bond acceptors (Lipinski definition) is 4. The van der Waals surface area contributed by atoms with Gasteiger partial charge in [-0.3, -0.25) is 24.6 Å². The van der Waals surface area contributed by atoms with E-state index in [0.717, 1.165) is 30.6 Å². The summed E-state index contributed by atoms with van der Waals surface area (Å²) in [5.41, 5.74) is 0.557. The normalized spacial score (nSPS) is 22.5. The molecule has 1 aliphatic carbocycles. The van der Waals surface area contributed by atoms with Crippen molar-refractivity contribution in [3.63, 3.8) is 0 Å². The van der Waals surface area contributed by atoms with Crippen LogP contribution in [0.25, 0.3) is 0 Å². The van der Waals surface area contributed by atoms with Gasteiger partial charge in [0.1, 0.15) is 6.54 Å². The summed E-state index contributed by atoms with van der Waals surface area (Å²) >= 11 is 0. The number of hydrogen-bond donors (Lipinski definition) is 2. The van der Waals surface area contributed by atoms with Gasteiger partial charge in [-0.1, -0.05) is 31.9 Å². The standard InChI is InChI=1S/C18H21N3O4/c1-11-6-2-5-9-14(11)19-18(25)20-15(22)10-21-16(23)12-7-3-4-8-13(12)17(21)24/h3-4,7-8,11,14H,2,5-6,9-10H2,1H3,(H2,19,20,22,25)/t11-,14-/m0/s1. The fourth-order valence-electron chi connectivity index (χ4n) is 3.43. The Morgan fingerprint density at radius 1 is 1.08 bits per heavy atom. The lowest BCUT2D eigenvalue weighted by atomic mass is 9.86. The molecule has 2 aliphatic rings. The summed E-state index contributed by atoms with van der Waals surface area (Å²) in [5.74, 6) is -1.35. The third-order valence-corrected chi connectivity index (χ3v) is 4.86. The number of benzene rings is 1. The van der Waals surface area contributed by atoms with Gasteiger partial charge in [0.25, 0.3) is 11.8 Å². The minimum Gasteiger partial charge on any atom is -0.335 e. The van der Waals surface area contributed by atoms with Crippen LogP contribution < -0.4 is 10.6 Å². The van der Waals surface area contributed by atoms with Crippen LogP contribution in [0.4, 0.5) is 4.79 Å². The molecule has 2 N–H and O–H groups in total. The molecule has 1 saturated carbocycles. The number of rotatable bonds is 3. The minimum absolute atomic E-state index is 0.0425. The summed E-state index contributed by atoms with van der Waals surface area (Å²) in [6, 6.07) is 5.87. The maximum Gasteiger partial charge on any atom is 0.321 e. The number of carbonyl (C=O) groups is 4. The van der Waals surface area contributed by atoms with E-state index in [1.165, 1.54) is 0 Å². The van der Waals surface area contributed by atoms with Crippen LogP contribution in [0.1, 0.15) is 53.3 Å². The van der Waals surface area contributed by atoms with E-state index in [0.29, 0.717) is 5.92 Å². The van der Waals surface area contributed by atoms with E-state index in [2.05, 4.69) is 17.6 Å². The van der Waals surface area contributed by atoms with Crippen LogP contribution in [0.2, 0.25) is 0 Å². The Kier molecular flexibility index (Phi) is 4.83. The highest BCUT2D eigenvalue weighted by Gasteiger charge is 2.36. The maximum atomic E-state index is 12.2. The molecule has 2 atom stereocenters. The van der Waals surface area contributed by atoms with Crippen molar-refractivity contribution in [1.29, 1.82) is 0 Å². The zero-order valence-corrected chi connectivity index (χ0v) is 14.1. The Bertz CT molecular complexity index is 696. The predicted molar refractivity (Wildman–Crippen MR) is 89.9 cm³/mol. The lowest BCUT2D eigenvalue weighted by molar-refractivity contribution is -0.120. The summed E-state index contributed by atoms with van der Waals surface area (Å²) in [6.45, 7) is 1.60. The Labute approximate surface area is 145 Å². The molecule has 0 unspecified atom stereocenters. The van der Waals surface area contributed by atoms with Gasteiger partial charge in [-0.05, 0) is 30.9 Å². The summed E-state index contributed by atoms with van der Waals surface area (Å²) in [6.07, 6.45) is 4.15. The van der Waals surface area contributed by atoms with Crippen LogP contribution in [0, 0.1) is 5.92 Å². The van der Waals surface area contributed by atoms with Gasteiger partial charge in [-0.2, -0.15) is 0 Å². The number of urea groups is 1. The molecule has 1 aromatic rings. The first-order valence-corrected chi connectivity index (χ1v) is 8.53. The SMILES string of the molecule is C[C@H]1CCCC[C@@H]1NC(=O)NC(=O)CN1C(=O)c2ccccc2C1=O. The van der Waals surface area contributed by atoms with Crippen molar-refractivity contribution in [2.24, 2.45) is 5.92 Å². The zero-order chi connectivity index (χ0) is 18.0. The number of nitrogens with one attached hydrogen (secondary N) is 2. The van der Waals surface area contributed by atoms with E-state index in [1.54, 1.807) is 24.3 Å². The molecule has 0 radical (unpaired) electrons. The third-order valence-electron chi connectivity index (χ3n) is 4.86. The summed E-state index contributed by atoms with van der Waals surface area (Å²) < 4.78 is 0. The number of fused-ring (bicyclic) bond motifs is 1. The second kappa shape index (κ2) is 7.04. The van der Waals surface area contributed by atoms with Gasteiger partial charge < -0.3 is 5.32 Å². The van der Waals surface area contributed by atoms with Gasteiger partial charge >= 0.3 is 6.03 Å². The molecule has 0 aromatic heterocycles. The second-order valence-corrected chi connectivity index (χ2v) is 6.63. The fourth-order valence-corrected chi connectivity index (χ4v) is 3.43. The van der Waals surface area contributed by atoms with Gasteiger partial charge in [0.05, 0.1) is 11.1 Å². The van der Waals surface area contributed by atoms with Gasteiger partial charge in [-0.25, -0.2) is 4.79 Å². The third kappa shape index (κ3) is 3.55. The molecule has 7 nitrogen and oxygen atoms in total. The topological polar surface area (TPSA) is 95.6 Å². The monoisotopic (exact) mass is 343 g/mol. The molecule has 1 aromatic carbocycles. The van der Waals surface area contributed by atoms with Crippen molar-refractivity contribution in [1.82, 2.24) is 15.5 Å². The summed E-state index contributed by atoms with van der Waals surface area (Å²) in [5, 5.41) is 5.01. The lowest BCUT2D eigenvalue weighted by Crippen LogP contribution is -2.50. The highest BCUT2D eigenvalue weighted by atomic mass is 16.2. The van der Waals surface area contributed by atoms with Crippen LogP contribution in [0.3, 0.4) is 0 Å². The van der Waals surface area contributed by atoms with Gasteiger partial charge in [0, 0.05) is 6.04 Å². The first-order chi connectivity index (χ1) is 12.0. The molecule has 25 heavy (non-hydrogen) atoms. The Morgan fingerprint density at radius 2 is 1.68 bits per heavy atom. The Morgan fingerprint density at radius 3 is 2.28 bits per heavy atom. The molecule has 3 rings (SSSR count). The van der Waals surface area contributed by atoms with Crippen molar-refractivity contribution < 1.29 is 19.2 Å². The molecule has 132 valence electrons. The van der Waals surface area contributed by atoms with Gasteiger partial charge in [0.2, 0.25) is 5.91 Å². The first-order valence-electron chi connectivity index (χ1n) is 8.53. The van der Waals surface area contributed by atoms with E-state index in [9.17, 15) is 19.2 Å². The first kappa shape index (κ1) is 17.1. The lowest BCUT2D eigenvalue weighted by Gasteiger charge is -2.29. The number of amides is 5.